The molecule has 0 aromatic heterocycles. The smallest absolute Gasteiger partial charge is 0.253 e. The molecule has 0 saturated heterocycles. The molecule has 2 unspecified atom stereocenters. The average molecular weight is 314 g/mol. The van der Waals surface area contributed by atoms with E-state index in [2.05, 4.69) is 5.32 Å². The monoisotopic (exact) mass is 313 g/mol. The van der Waals surface area contributed by atoms with Crippen LogP contribution in [-0.4, -0.2) is 23.7 Å². The van der Waals surface area contributed by atoms with Gasteiger partial charge in [0.15, 0.2) is 0 Å². The van der Waals surface area contributed by atoms with E-state index in [1.165, 1.54) is 12.1 Å². The van der Waals surface area contributed by atoms with Gasteiger partial charge in [-0.3, -0.25) is 4.79 Å². The summed E-state index contributed by atoms with van der Waals surface area (Å²) in [6, 6.07) is 2.59. The topological polar surface area (TPSA) is 49.3 Å². The van der Waals surface area contributed by atoms with Crippen molar-refractivity contribution in [1.82, 2.24) is 5.32 Å². The van der Waals surface area contributed by atoms with Gasteiger partial charge in [0, 0.05) is 18.6 Å². The number of amides is 1. The molecule has 1 aromatic carbocycles. The van der Waals surface area contributed by atoms with Gasteiger partial charge < -0.3 is 10.4 Å². The number of aliphatic hydroxyl groups is 1. The van der Waals surface area contributed by atoms with Gasteiger partial charge in [0.05, 0.1) is 10.6 Å². The lowest BCUT2D eigenvalue weighted by atomic mass is 9.95. The maximum Gasteiger partial charge on any atom is 0.253 e. The Bertz CT molecular complexity index is 521. The van der Waals surface area contributed by atoms with E-state index in [1.807, 2.05) is 0 Å². The number of carbonyl (C=O) groups excluding carboxylic acids is 1. The summed E-state index contributed by atoms with van der Waals surface area (Å²) >= 11 is 5.97. The van der Waals surface area contributed by atoms with Crippen LogP contribution in [0.15, 0.2) is 12.1 Å². The first-order valence-corrected chi connectivity index (χ1v) is 7.78. The third-order valence-electron chi connectivity index (χ3n) is 4.20. The van der Waals surface area contributed by atoms with Crippen molar-refractivity contribution in [3.8, 4) is 0 Å². The molecule has 0 bridgehead atoms. The predicted molar refractivity (Wildman–Crippen MR) is 81.1 cm³/mol. The summed E-state index contributed by atoms with van der Waals surface area (Å²) in [5.41, 5.74) is 0.681. The SMILES string of the molecule is Cc1cc(C(=O)NC2CCCCCC2CO)c(Cl)cc1F. The molecule has 1 aliphatic carbocycles. The van der Waals surface area contributed by atoms with Crippen LogP contribution in [0.1, 0.15) is 48.0 Å². The molecule has 116 valence electrons. The first-order chi connectivity index (χ1) is 10.0. The summed E-state index contributed by atoms with van der Waals surface area (Å²) in [6.45, 7) is 1.67. The van der Waals surface area contributed by atoms with Crippen molar-refractivity contribution in [3.05, 3.63) is 34.1 Å². The zero-order chi connectivity index (χ0) is 15.4. The van der Waals surface area contributed by atoms with Gasteiger partial charge in [-0.15, -0.1) is 0 Å². The molecule has 2 rings (SSSR count). The fourth-order valence-corrected chi connectivity index (χ4v) is 3.11. The summed E-state index contributed by atoms with van der Waals surface area (Å²) in [5, 5.41) is 12.6. The van der Waals surface area contributed by atoms with E-state index in [0.717, 1.165) is 32.1 Å². The van der Waals surface area contributed by atoms with Crippen LogP contribution in [0.25, 0.3) is 0 Å². The maximum absolute atomic E-state index is 13.4. The molecule has 0 aliphatic heterocycles. The average Bonchev–Trinajstić information content (AvgIpc) is 2.67. The molecule has 0 radical (unpaired) electrons. The van der Waals surface area contributed by atoms with Gasteiger partial charge >= 0.3 is 0 Å². The number of nitrogens with one attached hydrogen (secondary N) is 1. The molecule has 2 atom stereocenters. The number of aryl methyl sites for hydroxylation is 1. The van der Waals surface area contributed by atoms with Gasteiger partial charge in [-0.1, -0.05) is 30.9 Å². The Kier molecular flexibility index (Phi) is 5.59. The number of benzene rings is 1. The fraction of sp³-hybridized carbons (Fsp3) is 0.562. The van der Waals surface area contributed by atoms with Crippen LogP contribution in [0.4, 0.5) is 4.39 Å². The number of hydrogen-bond acceptors (Lipinski definition) is 2. The van der Waals surface area contributed by atoms with Crippen LogP contribution in [0.3, 0.4) is 0 Å². The van der Waals surface area contributed by atoms with Crippen molar-refractivity contribution >= 4 is 17.5 Å². The Labute approximate surface area is 129 Å². The molecule has 1 aliphatic rings. The Morgan fingerprint density at radius 2 is 2.10 bits per heavy atom. The lowest BCUT2D eigenvalue weighted by Gasteiger charge is -2.24. The Morgan fingerprint density at radius 3 is 2.81 bits per heavy atom. The number of rotatable bonds is 3. The minimum atomic E-state index is -0.417. The van der Waals surface area contributed by atoms with Crippen molar-refractivity contribution < 1.29 is 14.3 Å². The van der Waals surface area contributed by atoms with Gasteiger partial charge in [-0.25, -0.2) is 4.39 Å². The molecule has 0 heterocycles. The Morgan fingerprint density at radius 1 is 1.38 bits per heavy atom. The van der Waals surface area contributed by atoms with Gasteiger partial charge in [0.1, 0.15) is 5.82 Å². The lowest BCUT2D eigenvalue weighted by molar-refractivity contribution is 0.0899. The molecular formula is C16H21ClFNO2. The zero-order valence-electron chi connectivity index (χ0n) is 12.2. The van der Waals surface area contributed by atoms with Crippen molar-refractivity contribution in [2.75, 3.05) is 6.61 Å². The quantitative estimate of drug-likeness (QED) is 0.840. The third kappa shape index (κ3) is 3.95. The highest BCUT2D eigenvalue weighted by molar-refractivity contribution is 6.33. The molecule has 1 saturated carbocycles. The van der Waals surface area contributed by atoms with Crippen LogP contribution >= 0.6 is 11.6 Å². The van der Waals surface area contributed by atoms with Crippen molar-refractivity contribution in [2.45, 2.75) is 45.1 Å². The van der Waals surface area contributed by atoms with Crippen molar-refractivity contribution in [1.29, 1.82) is 0 Å². The van der Waals surface area contributed by atoms with Crippen LogP contribution in [-0.2, 0) is 0 Å². The minimum absolute atomic E-state index is 0.0496. The summed E-state index contributed by atoms with van der Waals surface area (Å²) in [4.78, 5) is 12.4. The summed E-state index contributed by atoms with van der Waals surface area (Å²) in [5.74, 6) is -0.635. The first kappa shape index (κ1) is 16.2. The Hall–Kier alpha value is -1.13. The minimum Gasteiger partial charge on any atom is -0.396 e. The van der Waals surface area contributed by atoms with Crippen LogP contribution in [0.5, 0.6) is 0 Å². The second kappa shape index (κ2) is 7.23. The van der Waals surface area contributed by atoms with E-state index in [-0.39, 0.29) is 35.1 Å². The molecule has 0 spiro atoms. The van der Waals surface area contributed by atoms with Gasteiger partial charge in [0.2, 0.25) is 0 Å². The Balaban J connectivity index is 2.14. The van der Waals surface area contributed by atoms with Crippen LogP contribution in [0.2, 0.25) is 5.02 Å². The fourth-order valence-electron chi connectivity index (χ4n) is 2.87. The highest BCUT2D eigenvalue weighted by atomic mass is 35.5. The number of hydrogen-bond donors (Lipinski definition) is 2. The standard InChI is InChI=1S/C16H21ClFNO2/c1-10-7-12(13(17)8-14(10)18)16(21)19-15-6-4-2-3-5-11(15)9-20/h7-8,11,15,20H,2-6,9H2,1H3,(H,19,21). The van der Waals surface area contributed by atoms with E-state index in [1.54, 1.807) is 6.92 Å². The highest BCUT2D eigenvalue weighted by Crippen LogP contribution is 2.25. The molecule has 21 heavy (non-hydrogen) atoms. The largest absolute Gasteiger partial charge is 0.396 e. The second-order valence-corrected chi connectivity index (χ2v) is 6.15. The number of aliphatic hydroxyl groups excluding tert-OH is 1. The van der Waals surface area contributed by atoms with E-state index in [4.69, 9.17) is 11.6 Å². The van der Waals surface area contributed by atoms with Crippen molar-refractivity contribution in [2.24, 2.45) is 5.92 Å². The van der Waals surface area contributed by atoms with Crippen LogP contribution < -0.4 is 5.32 Å². The summed E-state index contributed by atoms with van der Waals surface area (Å²) < 4.78 is 13.4. The molecule has 3 nitrogen and oxygen atoms in total. The molecule has 1 aromatic rings. The van der Waals surface area contributed by atoms with Crippen LogP contribution in [0, 0.1) is 18.7 Å². The van der Waals surface area contributed by atoms with Gasteiger partial charge in [-0.05, 0) is 37.5 Å². The molecule has 5 heteroatoms. The predicted octanol–water partition coefficient (Wildman–Crippen LogP) is 3.46. The normalized spacial score (nSPS) is 22.7. The second-order valence-electron chi connectivity index (χ2n) is 5.74. The van der Waals surface area contributed by atoms with E-state index in [9.17, 15) is 14.3 Å². The van der Waals surface area contributed by atoms with Gasteiger partial charge in [-0.2, -0.15) is 0 Å². The molecular weight excluding hydrogens is 293 g/mol. The number of halogens is 2. The zero-order valence-corrected chi connectivity index (χ0v) is 12.9. The third-order valence-corrected chi connectivity index (χ3v) is 4.52. The van der Waals surface area contributed by atoms with E-state index >= 15 is 0 Å². The van der Waals surface area contributed by atoms with Gasteiger partial charge in [0.25, 0.3) is 5.91 Å². The molecule has 1 amide bonds. The van der Waals surface area contributed by atoms with E-state index in [0.29, 0.717) is 5.56 Å². The lowest BCUT2D eigenvalue weighted by Crippen LogP contribution is -2.41. The highest BCUT2D eigenvalue weighted by Gasteiger charge is 2.25. The van der Waals surface area contributed by atoms with Crippen molar-refractivity contribution in [3.63, 3.8) is 0 Å². The molecule has 2 N–H and O–H groups in total. The first-order valence-electron chi connectivity index (χ1n) is 7.40. The molecule has 1 fully saturated rings. The van der Waals surface area contributed by atoms with E-state index < -0.39 is 5.82 Å². The summed E-state index contributed by atoms with van der Waals surface area (Å²) in [7, 11) is 0. The maximum atomic E-state index is 13.4. The number of carbonyl (C=O) groups is 1. The summed E-state index contributed by atoms with van der Waals surface area (Å²) in [6.07, 6.45) is 5.01.